The highest BCUT2D eigenvalue weighted by molar-refractivity contribution is 5.98. The SMILES string of the molecule is Cc1ccc2c(NCC(O)C(F)(F)F)cccc2c1Oc1ncccc1-c1ccnc(N)n1. The van der Waals surface area contributed by atoms with E-state index in [1.165, 1.54) is 6.20 Å². The summed E-state index contributed by atoms with van der Waals surface area (Å²) in [7, 11) is 0. The molecule has 2 heterocycles. The van der Waals surface area contributed by atoms with Crippen LogP contribution in [0.4, 0.5) is 24.8 Å². The van der Waals surface area contributed by atoms with E-state index in [1.807, 2.05) is 6.92 Å². The molecule has 0 saturated heterocycles. The second kappa shape index (κ2) is 8.91. The predicted octanol–water partition coefficient (Wildman–Crippen LogP) is 4.71. The Balaban J connectivity index is 1.72. The molecule has 0 fully saturated rings. The smallest absolute Gasteiger partial charge is 0.416 e. The zero-order valence-electron chi connectivity index (χ0n) is 17.5. The molecule has 4 aromatic rings. The standard InChI is InChI=1S/C23H20F3N5O2/c1-13-7-8-14-15(4-2-6-17(14)30-12-19(32)23(24,25)26)20(13)33-21-16(5-3-10-28-21)18-9-11-29-22(27)31-18/h2-11,19,30,32H,12H2,1H3,(H2,27,29,31). The van der Waals surface area contributed by atoms with Crippen LogP contribution in [0.5, 0.6) is 11.6 Å². The quantitative estimate of drug-likeness (QED) is 0.387. The van der Waals surface area contributed by atoms with Crippen LogP contribution in [-0.4, -0.2) is 38.9 Å². The Kier molecular flexibility index (Phi) is 6.01. The number of benzene rings is 2. The van der Waals surface area contributed by atoms with Crippen molar-refractivity contribution in [3.8, 4) is 22.9 Å². The number of ether oxygens (including phenoxy) is 1. The van der Waals surface area contributed by atoms with E-state index in [9.17, 15) is 18.3 Å². The Hall–Kier alpha value is -3.92. The fraction of sp³-hybridized carbons (Fsp3) is 0.174. The van der Waals surface area contributed by atoms with Gasteiger partial charge in [0.2, 0.25) is 11.8 Å². The molecule has 0 amide bonds. The molecular weight excluding hydrogens is 435 g/mol. The summed E-state index contributed by atoms with van der Waals surface area (Å²) in [6, 6.07) is 13.9. The normalized spacial score (nSPS) is 12.5. The van der Waals surface area contributed by atoms with Gasteiger partial charge in [0.15, 0.2) is 6.10 Å². The molecule has 0 bridgehead atoms. The topological polar surface area (TPSA) is 106 Å². The summed E-state index contributed by atoms with van der Waals surface area (Å²) in [6.45, 7) is 1.18. The van der Waals surface area contributed by atoms with Crippen molar-refractivity contribution in [1.29, 1.82) is 0 Å². The van der Waals surface area contributed by atoms with Crippen molar-refractivity contribution in [2.75, 3.05) is 17.6 Å². The van der Waals surface area contributed by atoms with Gasteiger partial charge in [0.1, 0.15) is 5.75 Å². The monoisotopic (exact) mass is 455 g/mol. The van der Waals surface area contributed by atoms with E-state index in [0.29, 0.717) is 33.5 Å². The third-order valence-corrected chi connectivity index (χ3v) is 4.99. The Morgan fingerprint density at radius 1 is 1.03 bits per heavy atom. The number of nitrogen functional groups attached to an aromatic ring is 1. The molecule has 1 unspecified atom stereocenters. The molecule has 10 heteroatoms. The van der Waals surface area contributed by atoms with E-state index in [2.05, 4.69) is 20.3 Å². The van der Waals surface area contributed by atoms with E-state index < -0.39 is 18.8 Å². The minimum Gasteiger partial charge on any atom is -0.437 e. The molecule has 33 heavy (non-hydrogen) atoms. The lowest BCUT2D eigenvalue weighted by molar-refractivity contribution is -0.198. The van der Waals surface area contributed by atoms with Crippen LogP contribution in [0.1, 0.15) is 5.56 Å². The number of nitrogens with one attached hydrogen (secondary N) is 1. The van der Waals surface area contributed by atoms with Crippen molar-refractivity contribution in [2.45, 2.75) is 19.2 Å². The number of halogens is 3. The van der Waals surface area contributed by atoms with Gasteiger partial charge in [0.05, 0.1) is 11.3 Å². The largest absolute Gasteiger partial charge is 0.437 e. The molecule has 7 nitrogen and oxygen atoms in total. The van der Waals surface area contributed by atoms with Crippen molar-refractivity contribution in [3.63, 3.8) is 0 Å². The Labute approximate surface area is 187 Å². The third kappa shape index (κ3) is 4.80. The summed E-state index contributed by atoms with van der Waals surface area (Å²) in [5.41, 5.74) is 8.08. The molecule has 170 valence electrons. The molecule has 0 radical (unpaired) electrons. The number of rotatable bonds is 6. The fourth-order valence-electron chi connectivity index (χ4n) is 3.34. The molecule has 0 aliphatic heterocycles. The van der Waals surface area contributed by atoms with E-state index in [4.69, 9.17) is 10.5 Å². The molecule has 0 aliphatic carbocycles. The summed E-state index contributed by atoms with van der Waals surface area (Å²) in [4.78, 5) is 12.5. The number of hydrogen-bond acceptors (Lipinski definition) is 7. The predicted molar refractivity (Wildman–Crippen MR) is 119 cm³/mol. The van der Waals surface area contributed by atoms with Crippen LogP contribution >= 0.6 is 0 Å². The van der Waals surface area contributed by atoms with Gasteiger partial charge in [-0.2, -0.15) is 13.2 Å². The Morgan fingerprint density at radius 2 is 1.85 bits per heavy atom. The van der Waals surface area contributed by atoms with E-state index in [0.717, 1.165) is 5.56 Å². The average molecular weight is 455 g/mol. The number of anilines is 2. The maximum atomic E-state index is 12.7. The summed E-state index contributed by atoms with van der Waals surface area (Å²) in [5.74, 6) is 0.895. The number of nitrogens with two attached hydrogens (primary N) is 1. The third-order valence-electron chi connectivity index (χ3n) is 4.99. The molecule has 0 aliphatic rings. The molecule has 4 rings (SSSR count). The highest BCUT2D eigenvalue weighted by atomic mass is 19.4. The zero-order valence-corrected chi connectivity index (χ0v) is 17.5. The van der Waals surface area contributed by atoms with Crippen LogP contribution in [0.25, 0.3) is 22.0 Å². The second-order valence-electron chi connectivity index (χ2n) is 7.31. The number of pyridine rings is 1. The fourth-order valence-corrected chi connectivity index (χ4v) is 3.34. The van der Waals surface area contributed by atoms with Crippen molar-refractivity contribution in [3.05, 3.63) is 66.5 Å². The molecule has 0 saturated carbocycles. The highest BCUT2D eigenvalue weighted by Gasteiger charge is 2.37. The van der Waals surface area contributed by atoms with E-state index in [-0.39, 0.29) is 11.8 Å². The number of alkyl halides is 3. The maximum absolute atomic E-state index is 12.7. The van der Waals surface area contributed by atoms with Crippen LogP contribution in [0, 0.1) is 6.92 Å². The number of aryl methyl sites for hydroxylation is 1. The second-order valence-corrected chi connectivity index (χ2v) is 7.31. The van der Waals surface area contributed by atoms with Gasteiger partial charge >= 0.3 is 6.18 Å². The number of hydrogen-bond donors (Lipinski definition) is 3. The van der Waals surface area contributed by atoms with Gasteiger partial charge in [-0.3, -0.25) is 0 Å². The number of aliphatic hydroxyl groups is 1. The van der Waals surface area contributed by atoms with Crippen molar-refractivity contribution in [2.24, 2.45) is 0 Å². The van der Waals surface area contributed by atoms with E-state index in [1.54, 1.807) is 54.7 Å². The van der Waals surface area contributed by atoms with Gasteiger partial charge in [-0.1, -0.05) is 24.3 Å². The van der Waals surface area contributed by atoms with Gasteiger partial charge in [-0.15, -0.1) is 0 Å². The first-order chi connectivity index (χ1) is 15.7. The molecule has 4 N–H and O–H groups in total. The van der Waals surface area contributed by atoms with Gasteiger partial charge in [-0.25, -0.2) is 15.0 Å². The number of nitrogens with zero attached hydrogens (tertiary/aromatic N) is 3. The summed E-state index contributed by atoms with van der Waals surface area (Å²) in [6.07, 6.45) is -4.08. The van der Waals surface area contributed by atoms with Crippen LogP contribution in [0.2, 0.25) is 0 Å². The molecule has 2 aromatic heterocycles. The van der Waals surface area contributed by atoms with Gasteiger partial charge < -0.3 is 20.9 Å². The Bertz CT molecular complexity index is 1300. The first kappa shape index (κ1) is 22.3. The van der Waals surface area contributed by atoms with E-state index >= 15 is 0 Å². The number of fused-ring (bicyclic) bond motifs is 1. The number of aliphatic hydroxyl groups excluding tert-OH is 1. The first-order valence-electron chi connectivity index (χ1n) is 9.97. The average Bonchev–Trinajstić information content (AvgIpc) is 2.79. The minimum absolute atomic E-state index is 0.111. The van der Waals surface area contributed by atoms with Gasteiger partial charge in [0.25, 0.3) is 0 Å². The lowest BCUT2D eigenvalue weighted by Crippen LogP contribution is -2.35. The molecule has 1 atom stereocenters. The number of aromatic nitrogens is 3. The summed E-state index contributed by atoms with van der Waals surface area (Å²) >= 11 is 0. The van der Waals surface area contributed by atoms with Crippen molar-refractivity contribution >= 4 is 22.4 Å². The minimum atomic E-state index is -4.71. The molecule has 0 spiro atoms. The van der Waals surface area contributed by atoms with Gasteiger partial charge in [0, 0.05) is 35.4 Å². The highest BCUT2D eigenvalue weighted by Crippen LogP contribution is 2.38. The van der Waals surface area contributed by atoms with Crippen molar-refractivity contribution in [1.82, 2.24) is 15.0 Å². The summed E-state index contributed by atoms with van der Waals surface area (Å²) in [5, 5.41) is 13.3. The lowest BCUT2D eigenvalue weighted by atomic mass is 10.0. The van der Waals surface area contributed by atoms with Crippen LogP contribution in [-0.2, 0) is 0 Å². The zero-order chi connectivity index (χ0) is 23.6. The lowest BCUT2D eigenvalue weighted by Gasteiger charge is -2.18. The van der Waals surface area contributed by atoms with Gasteiger partial charge in [-0.05, 0) is 36.8 Å². The first-order valence-corrected chi connectivity index (χ1v) is 9.97. The van der Waals surface area contributed by atoms with Crippen LogP contribution in [0.15, 0.2) is 60.9 Å². The van der Waals surface area contributed by atoms with Crippen molar-refractivity contribution < 1.29 is 23.0 Å². The molecule has 2 aromatic carbocycles. The summed E-state index contributed by atoms with van der Waals surface area (Å²) < 4.78 is 44.3. The van der Waals surface area contributed by atoms with Crippen LogP contribution < -0.4 is 15.8 Å². The maximum Gasteiger partial charge on any atom is 0.416 e. The van der Waals surface area contributed by atoms with Crippen LogP contribution in [0.3, 0.4) is 0 Å². The Morgan fingerprint density at radius 3 is 2.61 bits per heavy atom. The molecular formula is C23H20F3N5O2.